The second kappa shape index (κ2) is 8.93. The maximum absolute atomic E-state index is 12.9. The molecule has 2 aliphatic rings. The third kappa shape index (κ3) is 4.00. The van der Waals surface area contributed by atoms with Crippen molar-refractivity contribution < 1.29 is 14.3 Å². The topological polar surface area (TPSA) is 54.8 Å². The van der Waals surface area contributed by atoms with Crippen molar-refractivity contribution >= 4 is 11.7 Å². The number of carbonyl (C=O) groups is 2. The van der Waals surface area contributed by atoms with Gasteiger partial charge in [0.15, 0.2) is 0 Å². The van der Waals surface area contributed by atoms with Gasteiger partial charge in [0.25, 0.3) is 5.91 Å². The maximum Gasteiger partial charge on any atom is 0.271 e. The molecule has 2 aliphatic heterocycles. The van der Waals surface area contributed by atoms with E-state index in [4.69, 9.17) is 4.74 Å². The first-order valence-electron chi connectivity index (χ1n) is 10.2. The Morgan fingerprint density at radius 3 is 2.52 bits per heavy atom. The van der Waals surface area contributed by atoms with Gasteiger partial charge in [-0.2, -0.15) is 0 Å². The first-order valence-corrected chi connectivity index (χ1v) is 10.2. The van der Waals surface area contributed by atoms with Crippen molar-refractivity contribution in [3.05, 3.63) is 59.9 Å². The summed E-state index contributed by atoms with van der Waals surface area (Å²) in [5, 5.41) is 0. The zero-order chi connectivity index (χ0) is 21.0. The van der Waals surface area contributed by atoms with E-state index >= 15 is 0 Å². The van der Waals surface area contributed by atoms with Crippen molar-refractivity contribution in [1.82, 2.24) is 14.4 Å². The highest BCUT2D eigenvalue weighted by atomic mass is 16.5. The van der Waals surface area contributed by atoms with Crippen molar-refractivity contribution in [3.63, 3.8) is 0 Å². The highest BCUT2D eigenvalue weighted by molar-refractivity contribution is 5.96. The van der Waals surface area contributed by atoms with Crippen LogP contribution in [-0.2, 0) is 21.6 Å². The molecule has 29 heavy (non-hydrogen) atoms. The number of ether oxygens (including phenoxy) is 1. The van der Waals surface area contributed by atoms with Crippen LogP contribution in [0, 0.1) is 5.92 Å². The summed E-state index contributed by atoms with van der Waals surface area (Å²) in [6.45, 7) is 6.46. The SMILES string of the molecule is CC(=O)C1CCN2C(=O)c3cccn3CC12c1ccccc1.CCOCN(C)C. The normalized spacial score (nSPS) is 22.7. The van der Waals surface area contributed by atoms with Crippen LogP contribution in [0.5, 0.6) is 0 Å². The Morgan fingerprint density at radius 2 is 1.93 bits per heavy atom. The summed E-state index contributed by atoms with van der Waals surface area (Å²) in [7, 11) is 3.96. The van der Waals surface area contributed by atoms with Gasteiger partial charge in [-0.05, 0) is 52.1 Å². The van der Waals surface area contributed by atoms with Crippen LogP contribution in [0.15, 0.2) is 48.7 Å². The van der Waals surface area contributed by atoms with Crippen LogP contribution in [0.1, 0.15) is 36.3 Å². The molecule has 0 N–H and O–H groups in total. The summed E-state index contributed by atoms with van der Waals surface area (Å²) in [4.78, 5) is 29.1. The molecule has 1 aromatic heterocycles. The molecule has 6 nitrogen and oxygen atoms in total. The van der Waals surface area contributed by atoms with E-state index in [-0.39, 0.29) is 17.6 Å². The van der Waals surface area contributed by atoms with E-state index in [1.54, 1.807) is 6.92 Å². The van der Waals surface area contributed by atoms with E-state index in [0.29, 0.717) is 13.1 Å². The summed E-state index contributed by atoms with van der Waals surface area (Å²) in [6.07, 6.45) is 2.67. The quantitative estimate of drug-likeness (QED) is 0.728. The number of carbonyl (C=O) groups excluding carboxylic acids is 2. The Balaban J connectivity index is 0.000000298. The van der Waals surface area contributed by atoms with E-state index < -0.39 is 5.54 Å². The average Bonchev–Trinajstić information content (AvgIpc) is 3.33. The number of nitrogens with zero attached hydrogens (tertiary/aromatic N) is 3. The number of hydrogen-bond donors (Lipinski definition) is 0. The molecule has 0 bridgehead atoms. The molecule has 3 heterocycles. The summed E-state index contributed by atoms with van der Waals surface area (Å²) in [5.41, 5.74) is 1.23. The fourth-order valence-electron chi connectivity index (χ4n) is 4.50. The fraction of sp³-hybridized carbons (Fsp3) is 0.478. The number of amides is 1. The largest absolute Gasteiger partial charge is 0.366 e. The molecule has 1 amide bonds. The molecule has 1 aromatic carbocycles. The molecule has 2 aromatic rings. The Labute approximate surface area is 173 Å². The number of benzene rings is 1. The van der Waals surface area contributed by atoms with Crippen molar-refractivity contribution in [3.8, 4) is 0 Å². The van der Waals surface area contributed by atoms with Gasteiger partial charge in [0.2, 0.25) is 0 Å². The fourth-order valence-corrected chi connectivity index (χ4v) is 4.50. The van der Waals surface area contributed by atoms with Gasteiger partial charge in [-0.3, -0.25) is 14.5 Å². The third-order valence-corrected chi connectivity index (χ3v) is 5.72. The molecule has 2 unspecified atom stereocenters. The van der Waals surface area contributed by atoms with Crippen molar-refractivity contribution in [2.24, 2.45) is 5.92 Å². The second-order valence-electron chi connectivity index (χ2n) is 7.92. The van der Waals surface area contributed by atoms with Crippen LogP contribution < -0.4 is 0 Å². The molecule has 0 radical (unpaired) electrons. The lowest BCUT2D eigenvalue weighted by molar-refractivity contribution is -0.124. The molecule has 156 valence electrons. The van der Waals surface area contributed by atoms with Crippen LogP contribution in [0.25, 0.3) is 0 Å². The zero-order valence-electron chi connectivity index (χ0n) is 17.8. The second-order valence-corrected chi connectivity index (χ2v) is 7.92. The summed E-state index contributed by atoms with van der Waals surface area (Å²) in [6, 6.07) is 13.8. The Hall–Kier alpha value is -2.44. The molecule has 4 rings (SSSR count). The van der Waals surface area contributed by atoms with E-state index in [0.717, 1.165) is 31.0 Å². The molecule has 0 aliphatic carbocycles. The van der Waals surface area contributed by atoms with Gasteiger partial charge in [-0.15, -0.1) is 0 Å². The summed E-state index contributed by atoms with van der Waals surface area (Å²) < 4.78 is 7.01. The van der Waals surface area contributed by atoms with E-state index in [2.05, 4.69) is 0 Å². The van der Waals surface area contributed by atoms with Gasteiger partial charge in [-0.25, -0.2) is 0 Å². The Morgan fingerprint density at radius 1 is 1.21 bits per heavy atom. The predicted molar refractivity (Wildman–Crippen MR) is 113 cm³/mol. The highest BCUT2D eigenvalue weighted by Gasteiger charge is 2.56. The van der Waals surface area contributed by atoms with Crippen molar-refractivity contribution in [2.75, 3.05) is 34.0 Å². The van der Waals surface area contributed by atoms with Crippen molar-refractivity contribution in [1.29, 1.82) is 0 Å². The zero-order valence-corrected chi connectivity index (χ0v) is 17.8. The monoisotopic (exact) mass is 397 g/mol. The van der Waals surface area contributed by atoms with E-state index in [1.807, 2.05) is 84.0 Å². The first kappa shape index (κ1) is 21.3. The number of aromatic nitrogens is 1. The molecule has 1 saturated heterocycles. The predicted octanol–water partition coefficient (Wildman–Crippen LogP) is 2.99. The number of hydrogen-bond acceptors (Lipinski definition) is 4. The number of Topliss-reactive ketones (excluding diaryl/α,β-unsaturated/α-hetero) is 1. The number of fused-ring (bicyclic) bond motifs is 2. The molecule has 6 heteroatoms. The lowest BCUT2D eigenvalue weighted by Crippen LogP contribution is -2.56. The lowest BCUT2D eigenvalue weighted by atomic mass is 9.75. The highest BCUT2D eigenvalue weighted by Crippen LogP contribution is 2.48. The van der Waals surface area contributed by atoms with Crippen LogP contribution in [0.2, 0.25) is 0 Å². The van der Waals surface area contributed by atoms with Crippen LogP contribution in [-0.4, -0.2) is 60.0 Å². The van der Waals surface area contributed by atoms with E-state index in [1.165, 1.54) is 0 Å². The maximum atomic E-state index is 12.9. The Kier molecular flexibility index (Phi) is 6.55. The smallest absolute Gasteiger partial charge is 0.271 e. The molecule has 0 saturated carbocycles. The molecule has 1 fully saturated rings. The standard InChI is InChI=1S/C18H18N2O2.C5H13NO/c1-13(21)15-9-11-20-17(22)16-8-5-10-19(16)12-18(15,20)14-6-3-2-4-7-14;1-4-7-5-6(2)3/h2-8,10,15H,9,11-12H2,1H3;4-5H2,1-3H3. The van der Waals surface area contributed by atoms with Gasteiger partial charge in [-0.1, -0.05) is 30.3 Å². The van der Waals surface area contributed by atoms with Gasteiger partial charge < -0.3 is 14.2 Å². The van der Waals surface area contributed by atoms with Gasteiger partial charge in [0.1, 0.15) is 11.5 Å². The minimum Gasteiger partial charge on any atom is -0.366 e. The Bertz CT molecular complexity index is 846. The molecular weight excluding hydrogens is 366 g/mol. The summed E-state index contributed by atoms with van der Waals surface area (Å²) in [5.74, 6) is 0.0491. The van der Waals surface area contributed by atoms with Gasteiger partial charge in [0.05, 0.1) is 18.8 Å². The van der Waals surface area contributed by atoms with Crippen molar-refractivity contribution in [2.45, 2.75) is 32.4 Å². The first-order chi connectivity index (χ1) is 13.9. The lowest BCUT2D eigenvalue weighted by Gasteiger charge is -2.46. The minimum absolute atomic E-state index is 0.0313. The summed E-state index contributed by atoms with van der Waals surface area (Å²) >= 11 is 0. The minimum atomic E-state index is -0.545. The van der Waals surface area contributed by atoms with Gasteiger partial charge >= 0.3 is 0 Å². The van der Waals surface area contributed by atoms with Crippen LogP contribution >= 0.6 is 0 Å². The number of rotatable bonds is 5. The van der Waals surface area contributed by atoms with Crippen LogP contribution in [0.3, 0.4) is 0 Å². The third-order valence-electron chi connectivity index (χ3n) is 5.72. The van der Waals surface area contributed by atoms with E-state index in [9.17, 15) is 9.59 Å². The average molecular weight is 398 g/mol. The molecular formula is C23H31N3O3. The van der Waals surface area contributed by atoms with Gasteiger partial charge in [0, 0.05) is 25.3 Å². The molecule has 0 spiro atoms. The number of ketones is 1. The molecule has 2 atom stereocenters. The van der Waals surface area contributed by atoms with Crippen LogP contribution in [0.4, 0.5) is 0 Å².